The van der Waals surface area contributed by atoms with E-state index in [-0.39, 0.29) is 6.61 Å². The van der Waals surface area contributed by atoms with E-state index in [1.807, 2.05) is 48.5 Å². The summed E-state index contributed by atoms with van der Waals surface area (Å²) in [5.74, 6) is 0.852. The lowest BCUT2D eigenvalue weighted by atomic mass is 10.2. The van der Waals surface area contributed by atoms with Crippen LogP contribution in [-0.2, 0) is 6.61 Å². The van der Waals surface area contributed by atoms with Gasteiger partial charge in [0.05, 0.1) is 13.7 Å². The number of methoxy groups -OCH3 is 1. The number of ether oxygens (including phenoxy) is 1. The molecule has 0 saturated heterocycles. The zero-order valence-electron chi connectivity index (χ0n) is 11.6. The molecule has 2 rings (SSSR count). The van der Waals surface area contributed by atoms with Gasteiger partial charge in [0.25, 0.3) is 0 Å². The van der Waals surface area contributed by atoms with Crippen LogP contribution in [-0.4, -0.2) is 25.3 Å². The molecule has 0 heterocycles. The Morgan fingerprint density at radius 3 is 2.35 bits per heavy atom. The van der Waals surface area contributed by atoms with Crippen LogP contribution in [0, 0.1) is 0 Å². The van der Waals surface area contributed by atoms with Gasteiger partial charge in [0.2, 0.25) is 0 Å². The van der Waals surface area contributed by atoms with Crippen LogP contribution in [0.5, 0.6) is 5.75 Å². The third kappa shape index (κ3) is 3.90. The third-order valence-corrected chi connectivity index (χ3v) is 3.05. The molecule has 2 aromatic carbocycles. The molecule has 0 radical (unpaired) electrons. The summed E-state index contributed by atoms with van der Waals surface area (Å²) in [5.41, 5.74) is 2.95. The number of anilines is 2. The number of benzene rings is 2. The Hall–Kier alpha value is -2.20. The Kier molecular flexibility index (Phi) is 5.26. The van der Waals surface area contributed by atoms with E-state index < -0.39 is 0 Å². The molecule has 4 nitrogen and oxygen atoms in total. The lowest BCUT2D eigenvalue weighted by molar-refractivity contribution is 0.282. The lowest BCUT2D eigenvalue weighted by Gasteiger charge is -2.11. The zero-order valence-corrected chi connectivity index (χ0v) is 11.6. The van der Waals surface area contributed by atoms with Gasteiger partial charge >= 0.3 is 0 Å². The van der Waals surface area contributed by atoms with Crippen LogP contribution in [0.4, 0.5) is 11.4 Å². The fourth-order valence-electron chi connectivity index (χ4n) is 1.94. The molecule has 0 aliphatic rings. The molecule has 0 amide bonds. The highest BCUT2D eigenvalue weighted by Gasteiger charge is 1.99. The molecule has 0 aromatic heterocycles. The Labute approximate surface area is 119 Å². The first-order valence-electron chi connectivity index (χ1n) is 6.64. The Morgan fingerprint density at radius 1 is 0.950 bits per heavy atom. The van der Waals surface area contributed by atoms with Crippen LogP contribution in [0.2, 0.25) is 0 Å². The van der Waals surface area contributed by atoms with Crippen LogP contribution < -0.4 is 15.4 Å². The van der Waals surface area contributed by atoms with Crippen molar-refractivity contribution in [1.82, 2.24) is 0 Å². The van der Waals surface area contributed by atoms with Crippen LogP contribution in [0.3, 0.4) is 0 Å². The van der Waals surface area contributed by atoms with Gasteiger partial charge in [-0.05, 0) is 30.3 Å². The maximum atomic E-state index is 9.23. The Morgan fingerprint density at radius 2 is 1.65 bits per heavy atom. The molecular weight excluding hydrogens is 252 g/mol. The van der Waals surface area contributed by atoms with Crippen molar-refractivity contribution in [2.45, 2.75) is 6.61 Å². The molecule has 0 saturated carbocycles. The maximum Gasteiger partial charge on any atom is 0.119 e. The standard InChI is InChI=1S/C16H20N2O2/c1-20-15-8-6-14(7-9-15)17-10-11-18-16-5-3-2-4-13(16)12-19/h2-9,17-19H,10-12H2,1H3. The van der Waals surface area contributed by atoms with E-state index in [4.69, 9.17) is 4.74 Å². The molecule has 0 aliphatic heterocycles. The quantitative estimate of drug-likeness (QED) is 0.678. The van der Waals surface area contributed by atoms with Crippen molar-refractivity contribution in [3.05, 3.63) is 54.1 Å². The molecule has 0 atom stereocenters. The zero-order chi connectivity index (χ0) is 14.2. The Balaban J connectivity index is 1.78. The summed E-state index contributed by atoms with van der Waals surface area (Å²) >= 11 is 0. The molecule has 0 fully saturated rings. The number of aliphatic hydroxyl groups excluding tert-OH is 1. The third-order valence-electron chi connectivity index (χ3n) is 3.05. The van der Waals surface area contributed by atoms with Crippen molar-refractivity contribution in [3.8, 4) is 5.75 Å². The normalized spacial score (nSPS) is 10.1. The van der Waals surface area contributed by atoms with Crippen LogP contribution in [0.15, 0.2) is 48.5 Å². The largest absolute Gasteiger partial charge is 0.497 e. The minimum atomic E-state index is 0.0507. The van der Waals surface area contributed by atoms with Crippen LogP contribution >= 0.6 is 0 Å². The van der Waals surface area contributed by atoms with Crippen LogP contribution in [0.25, 0.3) is 0 Å². The van der Waals surface area contributed by atoms with E-state index in [0.29, 0.717) is 0 Å². The van der Waals surface area contributed by atoms with Crippen molar-refractivity contribution in [2.24, 2.45) is 0 Å². The maximum absolute atomic E-state index is 9.23. The molecule has 106 valence electrons. The van der Waals surface area contributed by atoms with Gasteiger partial charge < -0.3 is 20.5 Å². The monoisotopic (exact) mass is 272 g/mol. The van der Waals surface area contributed by atoms with Gasteiger partial charge in [0.1, 0.15) is 5.75 Å². The molecule has 0 unspecified atom stereocenters. The lowest BCUT2D eigenvalue weighted by Crippen LogP contribution is -2.14. The van der Waals surface area contributed by atoms with Gasteiger partial charge in [-0.15, -0.1) is 0 Å². The fourth-order valence-corrected chi connectivity index (χ4v) is 1.94. The minimum Gasteiger partial charge on any atom is -0.497 e. The molecule has 4 heteroatoms. The number of nitrogens with one attached hydrogen (secondary N) is 2. The second-order valence-corrected chi connectivity index (χ2v) is 4.40. The highest BCUT2D eigenvalue weighted by atomic mass is 16.5. The van der Waals surface area contributed by atoms with Crippen molar-refractivity contribution in [3.63, 3.8) is 0 Å². The molecule has 0 aliphatic carbocycles. The predicted molar refractivity (Wildman–Crippen MR) is 82.3 cm³/mol. The van der Waals surface area contributed by atoms with Gasteiger partial charge in [-0.2, -0.15) is 0 Å². The summed E-state index contributed by atoms with van der Waals surface area (Å²) in [6.07, 6.45) is 0. The molecule has 0 spiro atoms. The summed E-state index contributed by atoms with van der Waals surface area (Å²) < 4.78 is 5.11. The summed E-state index contributed by atoms with van der Waals surface area (Å²) in [5, 5.41) is 15.9. The summed E-state index contributed by atoms with van der Waals surface area (Å²) in [6.45, 7) is 1.63. The molecule has 2 aromatic rings. The molecule has 3 N–H and O–H groups in total. The van der Waals surface area contributed by atoms with E-state index in [2.05, 4.69) is 10.6 Å². The first kappa shape index (κ1) is 14.2. The van der Waals surface area contributed by atoms with Crippen molar-refractivity contribution in [1.29, 1.82) is 0 Å². The molecule has 0 bridgehead atoms. The van der Waals surface area contributed by atoms with E-state index >= 15 is 0 Å². The summed E-state index contributed by atoms with van der Waals surface area (Å²) in [6, 6.07) is 15.6. The Bertz CT molecular complexity index is 526. The highest BCUT2D eigenvalue weighted by Crippen LogP contribution is 2.16. The number of hydrogen-bond donors (Lipinski definition) is 3. The second-order valence-electron chi connectivity index (χ2n) is 4.40. The first-order valence-corrected chi connectivity index (χ1v) is 6.64. The van der Waals surface area contributed by atoms with Gasteiger partial charge in [0, 0.05) is 30.0 Å². The van der Waals surface area contributed by atoms with Gasteiger partial charge in [0.15, 0.2) is 0 Å². The topological polar surface area (TPSA) is 53.5 Å². The van der Waals surface area contributed by atoms with E-state index in [9.17, 15) is 5.11 Å². The summed E-state index contributed by atoms with van der Waals surface area (Å²) in [4.78, 5) is 0. The number of rotatable bonds is 7. The number of aliphatic hydroxyl groups is 1. The highest BCUT2D eigenvalue weighted by molar-refractivity contribution is 5.51. The smallest absolute Gasteiger partial charge is 0.119 e. The second kappa shape index (κ2) is 7.40. The molecule has 20 heavy (non-hydrogen) atoms. The van der Waals surface area contributed by atoms with Gasteiger partial charge in [-0.25, -0.2) is 0 Å². The molecular formula is C16H20N2O2. The van der Waals surface area contributed by atoms with E-state index in [0.717, 1.165) is 35.8 Å². The first-order chi connectivity index (χ1) is 9.83. The van der Waals surface area contributed by atoms with Gasteiger partial charge in [-0.3, -0.25) is 0 Å². The number of para-hydroxylation sites is 1. The minimum absolute atomic E-state index is 0.0507. The van der Waals surface area contributed by atoms with Crippen molar-refractivity contribution < 1.29 is 9.84 Å². The van der Waals surface area contributed by atoms with Gasteiger partial charge in [-0.1, -0.05) is 18.2 Å². The fraction of sp³-hybridized carbons (Fsp3) is 0.250. The predicted octanol–water partition coefficient (Wildman–Crippen LogP) is 2.71. The average molecular weight is 272 g/mol. The number of hydrogen-bond acceptors (Lipinski definition) is 4. The van der Waals surface area contributed by atoms with Crippen molar-refractivity contribution >= 4 is 11.4 Å². The van der Waals surface area contributed by atoms with E-state index in [1.54, 1.807) is 7.11 Å². The van der Waals surface area contributed by atoms with Crippen molar-refractivity contribution in [2.75, 3.05) is 30.8 Å². The SMILES string of the molecule is COc1ccc(NCCNc2ccccc2CO)cc1. The summed E-state index contributed by atoms with van der Waals surface area (Å²) in [7, 11) is 1.66. The van der Waals surface area contributed by atoms with E-state index in [1.165, 1.54) is 0 Å². The average Bonchev–Trinajstić information content (AvgIpc) is 2.52. The van der Waals surface area contributed by atoms with Crippen LogP contribution in [0.1, 0.15) is 5.56 Å².